The summed E-state index contributed by atoms with van der Waals surface area (Å²) in [5.74, 6) is -0.226. The predicted octanol–water partition coefficient (Wildman–Crippen LogP) is 5.76. The topological polar surface area (TPSA) is 64.0 Å². The zero-order valence-corrected chi connectivity index (χ0v) is 19.6. The molecule has 2 aromatic heterocycles. The Hall–Kier alpha value is -3.25. The van der Waals surface area contributed by atoms with Crippen molar-refractivity contribution in [1.29, 1.82) is 0 Å². The molecule has 0 aliphatic rings. The van der Waals surface area contributed by atoms with Crippen molar-refractivity contribution < 1.29 is 4.79 Å². The second kappa shape index (κ2) is 9.09. The smallest absolute Gasteiger partial charge is 0.263 e. The van der Waals surface area contributed by atoms with Crippen molar-refractivity contribution in [1.82, 2.24) is 9.55 Å². The second-order valence-electron chi connectivity index (χ2n) is 7.98. The first-order valence-corrected chi connectivity index (χ1v) is 11.8. The van der Waals surface area contributed by atoms with Gasteiger partial charge in [-0.25, -0.2) is 4.98 Å². The van der Waals surface area contributed by atoms with Crippen LogP contribution in [0.2, 0.25) is 0 Å². The van der Waals surface area contributed by atoms with Crippen LogP contribution in [0.1, 0.15) is 43.5 Å². The van der Waals surface area contributed by atoms with E-state index in [1.54, 1.807) is 6.92 Å². The lowest BCUT2D eigenvalue weighted by atomic mass is 10.0. The minimum Gasteiger partial charge on any atom is -0.324 e. The number of fused-ring (bicyclic) bond motifs is 1. The van der Waals surface area contributed by atoms with Gasteiger partial charge in [-0.2, -0.15) is 0 Å². The van der Waals surface area contributed by atoms with Crippen LogP contribution in [0, 0.1) is 6.92 Å². The average Bonchev–Trinajstić information content (AvgIpc) is 3.24. The van der Waals surface area contributed by atoms with Crippen LogP contribution in [0.4, 0.5) is 5.69 Å². The van der Waals surface area contributed by atoms with Crippen molar-refractivity contribution in [2.75, 3.05) is 5.32 Å². The third-order valence-corrected chi connectivity index (χ3v) is 6.81. The molecule has 0 saturated heterocycles. The van der Waals surface area contributed by atoms with Gasteiger partial charge in [0.2, 0.25) is 5.91 Å². The number of aryl methyl sites for hydroxylation is 3. The van der Waals surface area contributed by atoms with Crippen LogP contribution in [-0.4, -0.2) is 15.5 Å². The largest absolute Gasteiger partial charge is 0.324 e. The molecule has 1 atom stereocenters. The number of amides is 1. The molecular weight excluding hydrogens is 418 g/mol. The Balaban J connectivity index is 1.72. The maximum atomic E-state index is 13.4. The molecule has 0 fully saturated rings. The minimum absolute atomic E-state index is 0.200. The van der Waals surface area contributed by atoms with Gasteiger partial charge in [0.15, 0.2) is 0 Å². The van der Waals surface area contributed by atoms with E-state index in [9.17, 15) is 9.59 Å². The Morgan fingerprint density at radius 2 is 1.75 bits per heavy atom. The van der Waals surface area contributed by atoms with E-state index in [1.165, 1.54) is 22.2 Å². The van der Waals surface area contributed by atoms with Gasteiger partial charge in [-0.1, -0.05) is 61.9 Å². The molecule has 0 spiro atoms. The van der Waals surface area contributed by atoms with Crippen molar-refractivity contribution in [3.8, 4) is 11.1 Å². The molecule has 2 aromatic carbocycles. The summed E-state index contributed by atoms with van der Waals surface area (Å²) in [6.07, 6.45) is 3.12. The van der Waals surface area contributed by atoms with Crippen LogP contribution in [0.5, 0.6) is 0 Å². The van der Waals surface area contributed by atoms with E-state index < -0.39 is 6.04 Å². The van der Waals surface area contributed by atoms with Gasteiger partial charge in [0.1, 0.15) is 10.9 Å². The third-order valence-electron chi connectivity index (χ3n) is 5.93. The monoisotopic (exact) mass is 445 g/mol. The number of aromatic nitrogens is 2. The third kappa shape index (κ3) is 3.98. The molecule has 2 heterocycles. The number of rotatable bonds is 6. The Kier molecular flexibility index (Phi) is 6.24. The summed E-state index contributed by atoms with van der Waals surface area (Å²) in [6.45, 7) is 7.91. The van der Waals surface area contributed by atoms with Crippen molar-refractivity contribution in [3.05, 3.63) is 81.2 Å². The van der Waals surface area contributed by atoms with E-state index in [0.717, 1.165) is 46.3 Å². The van der Waals surface area contributed by atoms with Gasteiger partial charge in [0.05, 0.1) is 11.7 Å². The number of anilines is 1. The van der Waals surface area contributed by atoms with Crippen LogP contribution < -0.4 is 10.9 Å². The molecule has 0 radical (unpaired) electrons. The predicted molar refractivity (Wildman–Crippen MR) is 133 cm³/mol. The zero-order chi connectivity index (χ0) is 22.8. The summed E-state index contributed by atoms with van der Waals surface area (Å²) < 4.78 is 1.43. The SMILES string of the molecule is CCc1cccc(CC)c1NC(=O)C(C)n1cnc2scc(-c3ccc(C)cc3)c2c1=O. The molecule has 1 amide bonds. The molecule has 0 bridgehead atoms. The highest BCUT2D eigenvalue weighted by molar-refractivity contribution is 7.17. The van der Waals surface area contributed by atoms with Crippen LogP contribution in [0.3, 0.4) is 0 Å². The van der Waals surface area contributed by atoms with Crippen LogP contribution in [0.15, 0.2) is 59.0 Å². The van der Waals surface area contributed by atoms with E-state index in [4.69, 9.17) is 0 Å². The summed E-state index contributed by atoms with van der Waals surface area (Å²) in [5.41, 5.74) is 5.82. The average molecular weight is 446 g/mol. The maximum absolute atomic E-state index is 13.4. The van der Waals surface area contributed by atoms with Gasteiger partial charge < -0.3 is 5.32 Å². The molecule has 0 saturated carbocycles. The molecular formula is C26H27N3O2S. The van der Waals surface area contributed by atoms with E-state index in [2.05, 4.69) is 24.1 Å². The summed E-state index contributed by atoms with van der Waals surface area (Å²) >= 11 is 1.44. The molecule has 4 rings (SSSR count). The standard InChI is InChI=1S/C26H27N3O2S/c1-5-18-8-7-9-19(6-2)23(18)28-24(30)17(4)29-15-27-25-22(26(29)31)21(14-32-25)20-12-10-16(3)11-13-20/h7-15,17H,5-6H2,1-4H3,(H,28,30). The van der Waals surface area contributed by atoms with Gasteiger partial charge in [0.25, 0.3) is 5.56 Å². The first-order valence-electron chi connectivity index (χ1n) is 10.9. The lowest BCUT2D eigenvalue weighted by Gasteiger charge is -2.19. The fourth-order valence-electron chi connectivity index (χ4n) is 3.92. The lowest BCUT2D eigenvalue weighted by molar-refractivity contribution is -0.118. The molecule has 4 aromatic rings. The number of nitrogens with one attached hydrogen (secondary N) is 1. The summed E-state index contributed by atoms with van der Waals surface area (Å²) in [7, 11) is 0. The quantitative estimate of drug-likeness (QED) is 0.410. The normalized spacial score (nSPS) is 12.1. The zero-order valence-electron chi connectivity index (χ0n) is 18.8. The van der Waals surface area contributed by atoms with Crippen molar-refractivity contribution in [2.45, 2.75) is 46.6 Å². The van der Waals surface area contributed by atoms with Gasteiger partial charge >= 0.3 is 0 Å². The number of hydrogen-bond donors (Lipinski definition) is 1. The summed E-state index contributed by atoms with van der Waals surface area (Å²) in [6, 6.07) is 13.5. The lowest BCUT2D eigenvalue weighted by Crippen LogP contribution is -2.32. The Bertz CT molecular complexity index is 1310. The van der Waals surface area contributed by atoms with E-state index >= 15 is 0 Å². The van der Waals surface area contributed by atoms with Gasteiger partial charge in [0, 0.05) is 16.6 Å². The molecule has 1 unspecified atom stereocenters. The Morgan fingerprint density at radius 3 is 2.38 bits per heavy atom. The molecule has 164 valence electrons. The van der Waals surface area contributed by atoms with Gasteiger partial charge in [-0.3, -0.25) is 14.2 Å². The van der Waals surface area contributed by atoms with Gasteiger partial charge in [-0.05, 0) is 43.4 Å². The van der Waals surface area contributed by atoms with Crippen LogP contribution in [-0.2, 0) is 17.6 Å². The fraction of sp³-hybridized carbons (Fsp3) is 0.269. The van der Waals surface area contributed by atoms with Crippen LogP contribution >= 0.6 is 11.3 Å². The first kappa shape index (κ1) is 22.0. The number of hydrogen-bond acceptors (Lipinski definition) is 4. The highest BCUT2D eigenvalue weighted by atomic mass is 32.1. The molecule has 32 heavy (non-hydrogen) atoms. The number of para-hydroxylation sites is 1. The van der Waals surface area contributed by atoms with Crippen molar-refractivity contribution in [2.24, 2.45) is 0 Å². The minimum atomic E-state index is -0.695. The molecule has 5 nitrogen and oxygen atoms in total. The maximum Gasteiger partial charge on any atom is 0.263 e. The van der Waals surface area contributed by atoms with Crippen molar-refractivity contribution in [3.63, 3.8) is 0 Å². The highest BCUT2D eigenvalue weighted by Gasteiger charge is 2.21. The number of carbonyl (C=O) groups excluding carboxylic acids is 1. The van der Waals surface area contributed by atoms with Crippen LogP contribution in [0.25, 0.3) is 21.3 Å². The molecule has 0 aliphatic carbocycles. The molecule has 1 N–H and O–H groups in total. The molecule has 0 aliphatic heterocycles. The summed E-state index contributed by atoms with van der Waals surface area (Å²) in [5, 5.41) is 5.60. The van der Waals surface area contributed by atoms with E-state index in [-0.39, 0.29) is 11.5 Å². The van der Waals surface area contributed by atoms with E-state index in [1.807, 2.05) is 54.8 Å². The highest BCUT2D eigenvalue weighted by Crippen LogP contribution is 2.31. The number of benzene rings is 2. The van der Waals surface area contributed by atoms with E-state index in [0.29, 0.717) is 10.2 Å². The summed E-state index contributed by atoms with van der Waals surface area (Å²) in [4.78, 5) is 31.8. The second-order valence-corrected chi connectivity index (χ2v) is 8.83. The Morgan fingerprint density at radius 1 is 1.09 bits per heavy atom. The fourth-order valence-corrected chi connectivity index (χ4v) is 4.83. The number of carbonyl (C=O) groups is 1. The number of nitrogens with zero attached hydrogens (tertiary/aromatic N) is 2. The Labute approximate surface area is 191 Å². The first-order chi connectivity index (χ1) is 15.4. The van der Waals surface area contributed by atoms with Gasteiger partial charge in [-0.15, -0.1) is 11.3 Å². The number of thiophene rings is 1. The van der Waals surface area contributed by atoms with Crippen molar-refractivity contribution >= 4 is 33.1 Å². The molecule has 6 heteroatoms.